The summed E-state index contributed by atoms with van der Waals surface area (Å²) in [6.45, 7) is 5.01. The van der Waals surface area contributed by atoms with Gasteiger partial charge >= 0.3 is 21.6 Å². The Hall–Kier alpha value is -1.53. The van der Waals surface area contributed by atoms with Crippen molar-refractivity contribution >= 4 is 16.1 Å². The monoisotopic (exact) mass is 404 g/mol. The van der Waals surface area contributed by atoms with Gasteiger partial charge in [-0.2, -0.15) is 21.6 Å². The van der Waals surface area contributed by atoms with Gasteiger partial charge in [-0.3, -0.25) is 0 Å². The highest BCUT2D eigenvalue weighted by Gasteiger charge is 2.54. The van der Waals surface area contributed by atoms with Gasteiger partial charge in [0, 0.05) is 0 Å². The highest BCUT2D eigenvalue weighted by molar-refractivity contribution is 7.87. The lowest BCUT2D eigenvalue weighted by Gasteiger charge is -2.21. The number of carbonyl (C=O) groups is 1. The summed E-state index contributed by atoms with van der Waals surface area (Å²) < 4.78 is 85.4. The summed E-state index contributed by atoms with van der Waals surface area (Å²) in [4.78, 5) is 11.9. The van der Waals surface area contributed by atoms with Crippen LogP contribution < -0.4 is 0 Å². The minimum atomic E-state index is -6.06. The maximum absolute atomic E-state index is 12.6. The number of unbranched alkanes of at least 4 members (excludes halogenated alkanes) is 1. The molecule has 0 saturated carbocycles. The third-order valence-corrected chi connectivity index (χ3v) is 4.45. The number of cyclic esters (lactones) is 1. The van der Waals surface area contributed by atoms with Crippen molar-refractivity contribution in [1.82, 2.24) is 0 Å². The average molecular weight is 404 g/mol. The van der Waals surface area contributed by atoms with Crippen LogP contribution in [0.25, 0.3) is 0 Å². The van der Waals surface area contributed by atoms with Gasteiger partial charge in [0.15, 0.2) is 17.7 Å². The number of rotatable bonds is 7. The molecule has 2 rings (SSSR count). The lowest BCUT2D eigenvalue weighted by molar-refractivity contribution is -0.163. The van der Waals surface area contributed by atoms with Crippen LogP contribution in [0.5, 0.6) is 0 Å². The SMILES string of the molecule is CCCCOC1=C(OS(=O)(=O)C(F)(F)F)C(=O)O[C@@H]1[C@@H]1COC(C)(C)O1. The maximum Gasteiger partial charge on any atom is 0.534 e. The number of hydrogen-bond donors (Lipinski definition) is 0. The van der Waals surface area contributed by atoms with E-state index in [0.29, 0.717) is 12.8 Å². The minimum Gasteiger partial charge on any atom is -0.490 e. The normalized spacial score (nSPS) is 26.2. The van der Waals surface area contributed by atoms with Crippen molar-refractivity contribution in [3.63, 3.8) is 0 Å². The Morgan fingerprint density at radius 2 is 1.96 bits per heavy atom. The maximum atomic E-state index is 12.6. The van der Waals surface area contributed by atoms with E-state index in [1.54, 1.807) is 13.8 Å². The average Bonchev–Trinajstić information content (AvgIpc) is 2.99. The lowest BCUT2D eigenvalue weighted by atomic mass is 10.2. The Morgan fingerprint density at radius 3 is 2.46 bits per heavy atom. The van der Waals surface area contributed by atoms with E-state index in [1.807, 2.05) is 6.92 Å². The first kappa shape index (κ1) is 20.8. The van der Waals surface area contributed by atoms with Gasteiger partial charge in [-0.1, -0.05) is 13.3 Å². The molecule has 12 heteroatoms. The molecule has 0 aromatic rings. The van der Waals surface area contributed by atoms with Crippen molar-refractivity contribution in [2.75, 3.05) is 13.2 Å². The van der Waals surface area contributed by atoms with Crippen molar-refractivity contribution in [2.24, 2.45) is 0 Å². The van der Waals surface area contributed by atoms with Crippen LogP contribution in [0.4, 0.5) is 13.2 Å². The Labute approximate surface area is 148 Å². The molecule has 2 aliphatic heterocycles. The van der Waals surface area contributed by atoms with Gasteiger partial charge in [0.2, 0.25) is 0 Å². The molecule has 0 spiro atoms. The number of carbonyl (C=O) groups excluding carboxylic acids is 1. The van der Waals surface area contributed by atoms with Crippen molar-refractivity contribution in [1.29, 1.82) is 0 Å². The van der Waals surface area contributed by atoms with Gasteiger partial charge in [-0.05, 0) is 20.3 Å². The second-order valence-corrected chi connectivity index (χ2v) is 7.61. The Bertz CT molecular complexity index is 683. The first-order chi connectivity index (χ1) is 11.9. The van der Waals surface area contributed by atoms with Crippen LogP contribution in [0.2, 0.25) is 0 Å². The molecule has 0 unspecified atom stereocenters. The van der Waals surface area contributed by atoms with E-state index in [1.165, 1.54) is 0 Å². The number of esters is 1. The molecule has 0 bridgehead atoms. The molecule has 2 atom stereocenters. The molecule has 0 radical (unpaired) electrons. The zero-order chi connectivity index (χ0) is 19.8. The van der Waals surface area contributed by atoms with E-state index in [2.05, 4.69) is 4.18 Å². The second-order valence-electron chi connectivity index (χ2n) is 6.07. The second kappa shape index (κ2) is 7.24. The van der Waals surface area contributed by atoms with Crippen LogP contribution >= 0.6 is 0 Å². The number of halogens is 3. The number of alkyl halides is 3. The minimum absolute atomic E-state index is 0.0227. The van der Waals surface area contributed by atoms with Crippen molar-refractivity contribution < 1.29 is 49.5 Å². The summed E-state index contributed by atoms with van der Waals surface area (Å²) in [5.74, 6) is -4.00. The molecule has 0 aliphatic carbocycles. The third-order valence-electron chi connectivity index (χ3n) is 3.50. The summed E-state index contributed by atoms with van der Waals surface area (Å²) in [5.41, 5.74) is -5.71. The van der Waals surface area contributed by atoms with Gasteiger partial charge in [0.05, 0.1) is 13.2 Å². The number of ether oxygens (including phenoxy) is 4. The molecule has 1 fully saturated rings. The van der Waals surface area contributed by atoms with Crippen LogP contribution in [-0.2, 0) is 38.0 Å². The van der Waals surface area contributed by atoms with Gasteiger partial charge in [-0.15, -0.1) is 0 Å². The highest BCUT2D eigenvalue weighted by atomic mass is 32.2. The molecule has 150 valence electrons. The van der Waals surface area contributed by atoms with Crippen LogP contribution in [-0.4, -0.2) is 51.1 Å². The summed E-state index contributed by atoms with van der Waals surface area (Å²) >= 11 is 0. The fourth-order valence-corrected chi connectivity index (χ4v) is 2.73. The molecule has 0 aromatic heterocycles. The van der Waals surface area contributed by atoms with E-state index in [-0.39, 0.29) is 13.2 Å². The first-order valence-corrected chi connectivity index (χ1v) is 9.19. The van der Waals surface area contributed by atoms with E-state index in [0.717, 1.165) is 0 Å². The first-order valence-electron chi connectivity index (χ1n) is 7.78. The zero-order valence-corrected chi connectivity index (χ0v) is 15.1. The number of hydrogen-bond acceptors (Lipinski definition) is 8. The smallest absolute Gasteiger partial charge is 0.490 e. The molecule has 8 nitrogen and oxygen atoms in total. The molecule has 26 heavy (non-hydrogen) atoms. The summed E-state index contributed by atoms with van der Waals surface area (Å²) in [6.07, 6.45) is -0.961. The van der Waals surface area contributed by atoms with Gasteiger partial charge in [0.1, 0.15) is 6.10 Å². The van der Waals surface area contributed by atoms with Crippen LogP contribution in [0, 0.1) is 0 Å². The van der Waals surface area contributed by atoms with Crippen LogP contribution in [0.15, 0.2) is 11.5 Å². The Balaban J connectivity index is 2.32. The van der Waals surface area contributed by atoms with E-state index in [9.17, 15) is 26.4 Å². The van der Waals surface area contributed by atoms with Gasteiger partial charge in [0.25, 0.3) is 5.76 Å². The van der Waals surface area contributed by atoms with Crippen molar-refractivity contribution in [3.05, 3.63) is 11.5 Å². The van der Waals surface area contributed by atoms with E-state index >= 15 is 0 Å². The zero-order valence-electron chi connectivity index (χ0n) is 14.3. The van der Waals surface area contributed by atoms with Gasteiger partial charge in [-0.25, -0.2) is 4.79 Å². The quantitative estimate of drug-likeness (QED) is 0.275. The van der Waals surface area contributed by atoms with E-state index in [4.69, 9.17) is 18.9 Å². The Kier molecular flexibility index (Phi) is 5.78. The van der Waals surface area contributed by atoms with E-state index < -0.39 is 51.1 Å². The van der Waals surface area contributed by atoms with Crippen molar-refractivity contribution in [2.45, 2.75) is 57.1 Å². The fourth-order valence-electron chi connectivity index (χ4n) is 2.27. The van der Waals surface area contributed by atoms with Gasteiger partial charge < -0.3 is 23.1 Å². The molecular formula is C14H19F3O8S. The largest absolute Gasteiger partial charge is 0.534 e. The standard InChI is InChI=1S/C14H19F3O8S/c1-4-5-6-21-10-9(8-7-22-13(2,3)24-8)23-12(18)11(10)25-26(19,20)14(15,16)17/h8-9H,4-7H2,1-3H3/t8-,9+/m0/s1. The molecule has 0 N–H and O–H groups in total. The highest BCUT2D eigenvalue weighted by Crippen LogP contribution is 2.36. The van der Waals surface area contributed by atoms with Crippen molar-refractivity contribution in [3.8, 4) is 0 Å². The lowest BCUT2D eigenvalue weighted by Crippen LogP contribution is -2.33. The van der Waals surface area contributed by atoms with Crippen LogP contribution in [0.3, 0.4) is 0 Å². The summed E-state index contributed by atoms with van der Waals surface area (Å²) in [6, 6.07) is 0. The molecule has 2 aliphatic rings. The fraction of sp³-hybridized carbons (Fsp3) is 0.786. The summed E-state index contributed by atoms with van der Waals surface area (Å²) in [7, 11) is -6.06. The molecule has 1 saturated heterocycles. The molecular weight excluding hydrogens is 385 g/mol. The molecule has 2 heterocycles. The summed E-state index contributed by atoms with van der Waals surface area (Å²) in [5, 5.41) is 0. The predicted molar refractivity (Wildman–Crippen MR) is 78.7 cm³/mol. The molecule has 0 aromatic carbocycles. The third kappa shape index (κ3) is 4.41. The Morgan fingerprint density at radius 1 is 1.31 bits per heavy atom. The predicted octanol–water partition coefficient (Wildman–Crippen LogP) is 1.96. The topological polar surface area (TPSA) is 97.4 Å². The molecule has 0 amide bonds. The van der Waals surface area contributed by atoms with Crippen LogP contribution in [0.1, 0.15) is 33.6 Å².